The van der Waals surface area contributed by atoms with Gasteiger partial charge in [-0.25, -0.2) is 9.97 Å². The third-order valence-corrected chi connectivity index (χ3v) is 7.51. The van der Waals surface area contributed by atoms with Gasteiger partial charge in [0, 0.05) is 34.9 Å². The second-order valence-corrected chi connectivity index (χ2v) is 10.1. The van der Waals surface area contributed by atoms with E-state index in [4.69, 9.17) is 9.97 Å². The van der Waals surface area contributed by atoms with Gasteiger partial charge in [-0.2, -0.15) is 5.10 Å². The Morgan fingerprint density at radius 1 is 0.946 bits per heavy atom. The highest BCUT2D eigenvalue weighted by Gasteiger charge is 2.17. The average Bonchev–Trinajstić information content (AvgIpc) is 3.51. The van der Waals surface area contributed by atoms with E-state index in [2.05, 4.69) is 35.5 Å². The third-order valence-electron chi connectivity index (χ3n) is 6.44. The predicted octanol–water partition coefficient (Wildman–Crippen LogP) is 7.26. The molecule has 0 aliphatic rings. The van der Waals surface area contributed by atoms with Crippen LogP contribution in [0.5, 0.6) is 0 Å². The van der Waals surface area contributed by atoms with Crippen molar-refractivity contribution in [2.75, 3.05) is 5.32 Å². The molecule has 3 aromatic carbocycles. The van der Waals surface area contributed by atoms with E-state index in [1.807, 2.05) is 79.3 Å². The van der Waals surface area contributed by atoms with Gasteiger partial charge in [0.25, 0.3) is 5.91 Å². The molecule has 0 radical (unpaired) electrons. The molecular weight excluding hydrogens is 478 g/mol. The van der Waals surface area contributed by atoms with Gasteiger partial charge >= 0.3 is 0 Å². The van der Waals surface area contributed by atoms with Crippen LogP contribution in [0, 0.1) is 13.8 Å². The number of fused-ring (bicyclic) bond motifs is 2. The van der Waals surface area contributed by atoms with Gasteiger partial charge in [-0.15, -0.1) is 11.3 Å². The number of carbonyl (C=O) groups excluding carboxylic acids is 1. The fourth-order valence-corrected chi connectivity index (χ4v) is 5.55. The maximum Gasteiger partial charge on any atom is 0.256 e. The highest BCUT2D eigenvalue weighted by Crippen LogP contribution is 2.32. The molecule has 6 aromatic rings. The molecule has 0 fully saturated rings. The number of benzene rings is 3. The van der Waals surface area contributed by atoms with E-state index in [9.17, 15) is 4.79 Å². The Morgan fingerprint density at radius 3 is 2.54 bits per heavy atom. The minimum Gasteiger partial charge on any atom is -0.322 e. The number of pyridine rings is 1. The molecule has 6 nitrogen and oxygen atoms in total. The van der Waals surface area contributed by atoms with Crippen molar-refractivity contribution in [3.05, 3.63) is 95.8 Å². The summed E-state index contributed by atoms with van der Waals surface area (Å²) in [4.78, 5) is 23.1. The lowest BCUT2D eigenvalue weighted by Gasteiger charge is -2.11. The molecule has 37 heavy (non-hydrogen) atoms. The number of rotatable bonds is 5. The van der Waals surface area contributed by atoms with Crippen LogP contribution in [0.2, 0.25) is 0 Å². The fourth-order valence-electron chi connectivity index (χ4n) is 4.48. The number of hydrogen-bond donors (Lipinski definition) is 1. The van der Waals surface area contributed by atoms with Crippen LogP contribution < -0.4 is 5.32 Å². The number of nitrogens with one attached hydrogen (secondary N) is 1. The van der Waals surface area contributed by atoms with Crippen LogP contribution in [0.15, 0.2) is 79.0 Å². The number of nitrogens with zero attached hydrogens (tertiary/aromatic N) is 4. The van der Waals surface area contributed by atoms with E-state index in [-0.39, 0.29) is 5.91 Å². The Hall–Kier alpha value is -4.36. The Morgan fingerprint density at radius 2 is 1.76 bits per heavy atom. The number of aryl methyl sites for hydroxylation is 3. The molecule has 0 aliphatic heterocycles. The Labute approximate surface area is 218 Å². The summed E-state index contributed by atoms with van der Waals surface area (Å²) in [6.45, 7) is 6.87. The van der Waals surface area contributed by atoms with Crippen LogP contribution in [0.4, 0.5) is 5.69 Å². The second kappa shape index (κ2) is 9.26. The standard InChI is InChI=1S/C30H25N5OS/c1-4-35-17-24(19(3)34-35)27-16-23(22-7-5-6-8-25(22)32-27)29(36)31-21-12-10-20(11-13-21)30-33-26-14-9-18(2)15-28(26)37-30/h5-17H,4H2,1-3H3,(H,31,36). The van der Waals surface area contributed by atoms with Gasteiger partial charge in [-0.05, 0) is 74.9 Å². The summed E-state index contributed by atoms with van der Waals surface area (Å²) < 4.78 is 3.06. The molecule has 0 atom stereocenters. The second-order valence-electron chi connectivity index (χ2n) is 9.08. The lowest BCUT2D eigenvalue weighted by Crippen LogP contribution is -2.13. The first-order valence-electron chi connectivity index (χ1n) is 12.2. The molecule has 3 heterocycles. The smallest absolute Gasteiger partial charge is 0.256 e. The Bertz CT molecular complexity index is 1780. The lowest BCUT2D eigenvalue weighted by molar-refractivity contribution is 0.102. The molecule has 0 unspecified atom stereocenters. The molecule has 1 amide bonds. The third kappa shape index (κ3) is 4.38. The first kappa shape index (κ1) is 23.1. The zero-order chi connectivity index (χ0) is 25.5. The number of carbonyl (C=O) groups is 1. The van der Waals surface area contributed by atoms with Crippen molar-refractivity contribution in [1.82, 2.24) is 19.7 Å². The number of amides is 1. The van der Waals surface area contributed by atoms with Crippen LogP contribution >= 0.6 is 11.3 Å². The maximum atomic E-state index is 13.5. The minimum atomic E-state index is -0.177. The summed E-state index contributed by atoms with van der Waals surface area (Å²) in [6, 6.07) is 23.7. The van der Waals surface area contributed by atoms with Crippen LogP contribution in [0.25, 0.3) is 42.9 Å². The summed E-state index contributed by atoms with van der Waals surface area (Å²) in [7, 11) is 0. The van der Waals surface area contributed by atoms with Gasteiger partial charge in [0.2, 0.25) is 0 Å². The van der Waals surface area contributed by atoms with Crippen molar-refractivity contribution < 1.29 is 4.79 Å². The van der Waals surface area contributed by atoms with E-state index in [0.29, 0.717) is 5.56 Å². The van der Waals surface area contributed by atoms with Crippen LogP contribution in [-0.4, -0.2) is 25.7 Å². The first-order chi connectivity index (χ1) is 18.0. The zero-order valence-electron chi connectivity index (χ0n) is 20.8. The predicted molar refractivity (Wildman–Crippen MR) is 151 cm³/mol. The van der Waals surface area contributed by atoms with Crippen molar-refractivity contribution >= 4 is 44.1 Å². The largest absolute Gasteiger partial charge is 0.322 e. The minimum absolute atomic E-state index is 0.177. The van der Waals surface area contributed by atoms with Gasteiger partial charge in [-0.3, -0.25) is 9.48 Å². The SMILES string of the molecule is CCn1cc(-c2cc(C(=O)Nc3ccc(-c4nc5ccc(C)cc5s4)cc3)c3ccccc3n2)c(C)n1. The molecule has 3 aromatic heterocycles. The van der Waals surface area contributed by atoms with Gasteiger partial charge in [0.15, 0.2) is 0 Å². The molecular formula is C30H25N5OS. The molecule has 0 spiro atoms. The Kier molecular flexibility index (Phi) is 5.77. The first-order valence-corrected chi connectivity index (χ1v) is 13.0. The quantitative estimate of drug-likeness (QED) is 0.269. The van der Waals surface area contributed by atoms with Gasteiger partial charge in [-0.1, -0.05) is 24.3 Å². The highest BCUT2D eigenvalue weighted by molar-refractivity contribution is 7.21. The summed E-state index contributed by atoms with van der Waals surface area (Å²) in [5.41, 5.74) is 7.88. The van der Waals surface area contributed by atoms with Crippen LogP contribution in [-0.2, 0) is 6.54 Å². The van der Waals surface area contributed by atoms with E-state index >= 15 is 0 Å². The number of para-hydroxylation sites is 1. The average molecular weight is 504 g/mol. The molecule has 1 N–H and O–H groups in total. The highest BCUT2D eigenvalue weighted by atomic mass is 32.1. The summed E-state index contributed by atoms with van der Waals surface area (Å²) in [6.07, 6.45) is 1.98. The van der Waals surface area contributed by atoms with Crippen molar-refractivity contribution in [3.63, 3.8) is 0 Å². The molecule has 0 bridgehead atoms. The van der Waals surface area contributed by atoms with Crippen LogP contribution in [0.3, 0.4) is 0 Å². The monoisotopic (exact) mass is 503 g/mol. The van der Waals surface area contributed by atoms with Crippen molar-refractivity contribution in [2.24, 2.45) is 0 Å². The van der Waals surface area contributed by atoms with Crippen molar-refractivity contribution in [3.8, 4) is 21.8 Å². The van der Waals surface area contributed by atoms with Gasteiger partial charge in [0.05, 0.1) is 32.7 Å². The fraction of sp³-hybridized carbons (Fsp3) is 0.133. The normalized spacial score (nSPS) is 11.3. The Balaban J connectivity index is 1.31. The molecule has 0 saturated carbocycles. The molecule has 7 heteroatoms. The number of hydrogen-bond acceptors (Lipinski definition) is 5. The maximum absolute atomic E-state index is 13.5. The van der Waals surface area contributed by atoms with E-state index < -0.39 is 0 Å². The summed E-state index contributed by atoms with van der Waals surface area (Å²) in [5.74, 6) is -0.177. The van der Waals surface area contributed by atoms with E-state index in [1.165, 1.54) is 10.3 Å². The van der Waals surface area contributed by atoms with Crippen molar-refractivity contribution in [2.45, 2.75) is 27.3 Å². The molecule has 0 saturated heterocycles. The summed E-state index contributed by atoms with van der Waals surface area (Å²) >= 11 is 1.67. The van der Waals surface area contributed by atoms with Gasteiger partial charge < -0.3 is 5.32 Å². The number of anilines is 1. The van der Waals surface area contributed by atoms with Crippen LogP contribution in [0.1, 0.15) is 28.5 Å². The van der Waals surface area contributed by atoms with Gasteiger partial charge in [0.1, 0.15) is 5.01 Å². The lowest BCUT2D eigenvalue weighted by atomic mass is 10.0. The topological polar surface area (TPSA) is 72.7 Å². The summed E-state index contributed by atoms with van der Waals surface area (Å²) in [5, 5.41) is 9.39. The van der Waals surface area contributed by atoms with Crippen molar-refractivity contribution in [1.29, 1.82) is 0 Å². The zero-order valence-corrected chi connectivity index (χ0v) is 21.6. The number of thiazole rings is 1. The molecule has 0 aliphatic carbocycles. The van der Waals surface area contributed by atoms with E-state index in [1.54, 1.807) is 11.3 Å². The van der Waals surface area contributed by atoms with E-state index in [0.717, 1.165) is 56.2 Å². The number of aromatic nitrogens is 4. The molecule has 182 valence electrons. The molecule has 6 rings (SSSR count).